The average molecular weight is 308 g/mol. The number of nitrogens with zero attached hydrogens (tertiary/aromatic N) is 1. The van der Waals surface area contributed by atoms with Crippen LogP contribution in [0.25, 0.3) is 11.1 Å². The van der Waals surface area contributed by atoms with Crippen LogP contribution in [0.4, 0.5) is 0 Å². The fourth-order valence-corrected chi connectivity index (χ4v) is 2.48. The van der Waals surface area contributed by atoms with Crippen LogP contribution in [0.2, 0.25) is 0 Å². The fraction of sp³-hybridized carbons (Fsp3) is 0.222. The van der Waals surface area contributed by atoms with Gasteiger partial charge in [0, 0.05) is 13.0 Å². The van der Waals surface area contributed by atoms with Gasteiger partial charge in [-0.3, -0.25) is 4.98 Å². The standard InChI is InChI=1S/C18H20N4O/c23-18-20-17(21-22-18)7-4-12-19-13-14-8-10-16(11-9-14)15-5-2-1-3-6-15/h1-3,5-6,8-11,19H,4,7,12-13H2,(H2,20,21,22,23). The Kier molecular flexibility index (Phi) is 5.01. The van der Waals surface area contributed by atoms with Gasteiger partial charge >= 0.3 is 5.69 Å². The van der Waals surface area contributed by atoms with Gasteiger partial charge in [0.2, 0.25) is 0 Å². The van der Waals surface area contributed by atoms with Crippen LogP contribution in [0.5, 0.6) is 0 Å². The Labute approximate surface area is 134 Å². The molecule has 0 fully saturated rings. The topological polar surface area (TPSA) is 73.6 Å². The normalized spacial score (nSPS) is 10.8. The summed E-state index contributed by atoms with van der Waals surface area (Å²) in [4.78, 5) is 13.6. The van der Waals surface area contributed by atoms with Gasteiger partial charge in [-0.1, -0.05) is 54.6 Å². The fourth-order valence-electron chi connectivity index (χ4n) is 2.48. The monoisotopic (exact) mass is 308 g/mol. The molecular weight excluding hydrogens is 288 g/mol. The van der Waals surface area contributed by atoms with Crippen molar-refractivity contribution in [2.45, 2.75) is 19.4 Å². The maximum absolute atomic E-state index is 10.9. The first-order valence-electron chi connectivity index (χ1n) is 7.80. The summed E-state index contributed by atoms with van der Waals surface area (Å²) in [5.74, 6) is 0.712. The van der Waals surface area contributed by atoms with E-state index in [9.17, 15) is 4.79 Å². The third-order valence-corrected chi connectivity index (χ3v) is 3.71. The summed E-state index contributed by atoms with van der Waals surface area (Å²) in [6.45, 7) is 1.72. The molecule has 0 amide bonds. The number of benzene rings is 2. The Hall–Kier alpha value is -2.66. The number of hydrogen-bond acceptors (Lipinski definition) is 3. The Bertz CT molecular complexity index is 775. The van der Waals surface area contributed by atoms with Gasteiger partial charge in [0.15, 0.2) is 0 Å². The van der Waals surface area contributed by atoms with E-state index in [-0.39, 0.29) is 5.69 Å². The van der Waals surface area contributed by atoms with Gasteiger partial charge in [-0.2, -0.15) is 5.10 Å². The van der Waals surface area contributed by atoms with Gasteiger partial charge in [0.25, 0.3) is 0 Å². The van der Waals surface area contributed by atoms with E-state index in [2.05, 4.69) is 69.0 Å². The molecule has 2 aromatic carbocycles. The van der Waals surface area contributed by atoms with Crippen LogP contribution in [0.1, 0.15) is 17.8 Å². The van der Waals surface area contributed by atoms with Crippen LogP contribution in [-0.4, -0.2) is 21.7 Å². The van der Waals surface area contributed by atoms with E-state index in [1.165, 1.54) is 16.7 Å². The lowest BCUT2D eigenvalue weighted by Gasteiger charge is -2.06. The van der Waals surface area contributed by atoms with Crippen molar-refractivity contribution >= 4 is 0 Å². The van der Waals surface area contributed by atoms with Gasteiger partial charge in [-0.15, -0.1) is 0 Å². The zero-order valence-corrected chi connectivity index (χ0v) is 12.9. The summed E-state index contributed by atoms with van der Waals surface area (Å²) in [7, 11) is 0. The van der Waals surface area contributed by atoms with Crippen LogP contribution in [0.3, 0.4) is 0 Å². The smallest absolute Gasteiger partial charge is 0.313 e. The number of aromatic nitrogens is 3. The van der Waals surface area contributed by atoms with Gasteiger partial charge < -0.3 is 5.32 Å². The molecule has 0 saturated heterocycles. The molecule has 0 aliphatic heterocycles. The Morgan fingerprint density at radius 2 is 1.70 bits per heavy atom. The predicted octanol–water partition coefficient (Wildman–Crippen LogP) is 2.49. The van der Waals surface area contributed by atoms with Crippen LogP contribution < -0.4 is 11.0 Å². The van der Waals surface area contributed by atoms with Gasteiger partial charge in [-0.05, 0) is 29.7 Å². The summed E-state index contributed by atoms with van der Waals surface area (Å²) in [5, 5.41) is 9.67. The van der Waals surface area contributed by atoms with Crippen LogP contribution >= 0.6 is 0 Å². The maximum atomic E-state index is 10.9. The van der Waals surface area contributed by atoms with E-state index in [1.54, 1.807) is 0 Å². The van der Waals surface area contributed by atoms with E-state index in [4.69, 9.17) is 0 Å². The number of aromatic amines is 2. The molecule has 0 saturated carbocycles. The van der Waals surface area contributed by atoms with E-state index in [0.717, 1.165) is 25.9 Å². The lowest BCUT2D eigenvalue weighted by Crippen LogP contribution is -2.15. The van der Waals surface area contributed by atoms with Crippen LogP contribution in [-0.2, 0) is 13.0 Å². The molecular formula is C18H20N4O. The van der Waals surface area contributed by atoms with Gasteiger partial charge in [-0.25, -0.2) is 9.89 Å². The minimum Gasteiger partial charge on any atom is -0.313 e. The molecule has 5 nitrogen and oxygen atoms in total. The second-order valence-corrected chi connectivity index (χ2v) is 5.47. The quantitative estimate of drug-likeness (QED) is 0.587. The zero-order chi connectivity index (χ0) is 15.9. The number of nitrogens with one attached hydrogen (secondary N) is 3. The van der Waals surface area contributed by atoms with Crippen LogP contribution in [0.15, 0.2) is 59.4 Å². The summed E-state index contributed by atoms with van der Waals surface area (Å²) < 4.78 is 0. The minimum absolute atomic E-state index is 0.244. The Morgan fingerprint density at radius 3 is 2.39 bits per heavy atom. The molecule has 0 radical (unpaired) electrons. The first-order chi connectivity index (χ1) is 11.3. The molecule has 5 heteroatoms. The first kappa shape index (κ1) is 15.2. The van der Waals surface area contributed by atoms with Crippen molar-refractivity contribution in [3.63, 3.8) is 0 Å². The second-order valence-electron chi connectivity index (χ2n) is 5.47. The van der Waals surface area contributed by atoms with Gasteiger partial charge in [0.1, 0.15) is 5.82 Å². The van der Waals surface area contributed by atoms with Crippen molar-refractivity contribution in [2.24, 2.45) is 0 Å². The van der Waals surface area contributed by atoms with Crippen molar-refractivity contribution in [2.75, 3.05) is 6.54 Å². The molecule has 1 aromatic heterocycles. The molecule has 0 atom stereocenters. The molecule has 3 rings (SSSR count). The lowest BCUT2D eigenvalue weighted by atomic mass is 10.0. The number of aryl methyl sites for hydroxylation is 1. The molecule has 23 heavy (non-hydrogen) atoms. The van der Waals surface area contributed by atoms with Gasteiger partial charge in [0.05, 0.1) is 0 Å². The molecule has 3 aromatic rings. The summed E-state index contributed by atoms with van der Waals surface area (Å²) >= 11 is 0. The summed E-state index contributed by atoms with van der Waals surface area (Å²) in [6.07, 6.45) is 1.70. The second kappa shape index (κ2) is 7.56. The molecule has 118 valence electrons. The molecule has 0 aliphatic rings. The third kappa shape index (κ3) is 4.40. The highest BCUT2D eigenvalue weighted by atomic mass is 16.1. The number of H-pyrrole nitrogens is 2. The predicted molar refractivity (Wildman–Crippen MR) is 91.1 cm³/mol. The van der Waals surface area contributed by atoms with E-state index < -0.39 is 0 Å². The minimum atomic E-state index is -0.244. The molecule has 3 N–H and O–H groups in total. The van der Waals surface area contributed by atoms with Crippen molar-refractivity contribution in [3.8, 4) is 11.1 Å². The first-order valence-corrected chi connectivity index (χ1v) is 7.80. The zero-order valence-electron chi connectivity index (χ0n) is 12.9. The van der Waals surface area contributed by atoms with Crippen molar-refractivity contribution in [1.29, 1.82) is 0 Å². The Morgan fingerprint density at radius 1 is 0.957 bits per heavy atom. The number of hydrogen-bond donors (Lipinski definition) is 3. The van der Waals surface area contributed by atoms with E-state index in [0.29, 0.717) is 5.82 Å². The highest BCUT2D eigenvalue weighted by molar-refractivity contribution is 5.63. The van der Waals surface area contributed by atoms with Crippen molar-refractivity contribution in [1.82, 2.24) is 20.5 Å². The largest absolute Gasteiger partial charge is 0.340 e. The molecule has 0 aliphatic carbocycles. The molecule has 0 bridgehead atoms. The Balaban J connectivity index is 1.43. The lowest BCUT2D eigenvalue weighted by molar-refractivity contribution is 0.639. The molecule has 1 heterocycles. The third-order valence-electron chi connectivity index (χ3n) is 3.71. The highest BCUT2D eigenvalue weighted by Crippen LogP contribution is 2.19. The number of rotatable bonds is 7. The summed E-state index contributed by atoms with van der Waals surface area (Å²) in [5.41, 5.74) is 3.49. The highest BCUT2D eigenvalue weighted by Gasteiger charge is 1.99. The SMILES string of the molecule is O=c1[nH]nc(CCCNCc2ccc(-c3ccccc3)cc2)[nH]1. The maximum Gasteiger partial charge on any atom is 0.340 e. The summed E-state index contributed by atoms with van der Waals surface area (Å²) in [6, 6.07) is 19.0. The van der Waals surface area contributed by atoms with Crippen LogP contribution in [0, 0.1) is 0 Å². The van der Waals surface area contributed by atoms with E-state index in [1.807, 2.05) is 6.07 Å². The average Bonchev–Trinajstić information content (AvgIpc) is 3.01. The molecule has 0 spiro atoms. The van der Waals surface area contributed by atoms with Crippen molar-refractivity contribution < 1.29 is 0 Å². The molecule has 0 unspecified atom stereocenters. The van der Waals surface area contributed by atoms with E-state index >= 15 is 0 Å². The van der Waals surface area contributed by atoms with Crippen molar-refractivity contribution in [3.05, 3.63) is 76.5 Å².